The SMILES string of the molecule is COc1ccc([C@H]2Oc3ccc(Cl)cc3C3=C2[C@H](c2ccc(C)cc2)n2nc(SC)nc2N3)cc1. The molecule has 0 unspecified atom stereocenters. The molecule has 0 fully saturated rings. The molecule has 1 N–H and O–H groups in total. The van der Waals surface area contributed by atoms with Gasteiger partial charge in [0.15, 0.2) is 0 Å². The maximum atomic E-state index is 6.68. The number of rotatable bonds is 4. The monoisotopic (exact) mass is 502 g/mol. The van der Waals surface area contributed by atoms with Crippen molar-refractivity contribution in [3.05, 3.63) is 99.6 Å². The molecule has 4 aromatic rings. The summed E-state index contributed by atoms with van der Waals surface area (Å²) in [7, 11) is 1.67. The van der Waals surface area contributed by atoms with Crippen LogP contribution in [0.15, 0.2) is 77.5 Å². The van der Waals surface area contributed by atoms with Gasteiger partial charge in [0.25, 0.3) is 0 Å². The Morgan fingerprint density at radius 3 is 2.49 bits per heavy atom. The number of hydrogen-bond donors (Lipinski definition) is 1. The van der Waals surface area contributed by atoms with Crippen molar-refractivity contribution in [1.29, 1.82) is 0 Å². The van der Waals surface area contributed by atoms with Crippen LogP contribution in [0.2, 0.25) is 5.02 Å². The number of benzene rings is 3. The molecule has 0 spiro atoms. The fourth-order valence-corrected chi connectivity index (χ4v) is 5.21. The lowest BCUT2D eigenvalue weighted by Gasteiger charge is -2.39. The van der Waals surface area contributed by atoms with Crippen molar-refractivity contribution >= 4 is 35.0 Å². The average molecular weight is 503 g/mol. The summed E-state index contributed by atoms with van der Waals surface area (Å²) >= 11 is 7.95. The van der Waals surface area contributed by atoms with Crippen molar-refractivity contribution in [2.24, 2.45) is 0 Å². The fourth-order valence-electron chi connectivity index (χ4n) is 4.69. The van der Waals surface area contributed by atoms with E-state index >= 15 is 0 Å². The van der Waals surface area contributed by atoms with Crippen molar-refractivity contribution in [3.8, 4) is 11.5 Å². The molecule has 6 rings (SSSR count). The van der Waals surface area contributed by atoms with E-state index in [4.69, 9.17) is 31.2 Å². The summed E-state index contributed by atoms with van der Waals surface area (Å²) in [5.41, 5.74) is 6.24. The molecule has 0 amide bonds. The molecule has 35 heavy (non-hydrogen) atoms. The lowest BCUT2D eigenvalue weighted by atomic mass is 9.84. The van der Waals surface area contributed by atoms with Gasteiger partial charge in [-0.15, -0.1) is 5.10 Å². The van der Waals surface area contributed by atoms with Gasteiger partial charge >= 0.3 is 0 Å². The van der Waals surface area contributed by atoms with Gasteiger partial charge in [0.05, 0.1) is 12.8 Å². The first-order valence-corrected chi connectivity index (χ1v) is 12.8. The zero-order valence-electron chi connectivity index (χ0n) is 19.4. The normalized spacial score (nSPS) is 18.2. The molecular formula is C27H23ClN4O2S. The number of nitrogens with zero attached hydrogens (tertiary/aromatic N) is 3. The Bertz CT molecular complexity index is 1450. The molecule has 1 aromatic heterocycles. The van der Waals surface area contributed by atoms with Crippen LogP contribution in [0, 0.1) is 6.92 Å². The summed E-state index contributed by atoms with van der Waals surface area (Å²) in [6.07, 6.45) is 1.63. The summed E-state index contributed by atoms with van der Waals surface area (Å²) in [5, 5.41) is 9.75. The van der Waals surface area contributed by atoms with Crippen LogP contribution in [0.3, 0.4) is 0 Å². The third-order valence-electron chi connectivity index (χ3n) is 6.41. The molecule has 3 aromatic carbocycles. The highest BCUT2D eigenvalue weighted by atomic mass is 35.5. The van der Waals surface area contributed by atoms with E-state index in [0.29, 0.717) is 16.1 Å². The van der Waals surface area contributed by atoms with Crippen molar-refractivity contribution in [2.75, 3.05) is 18.7 Å². The molecule has 6 nitrogen and oxygen atoms in total. The maximum Gasteiger partial charge on any atom is 0.227 e. The summed E-state index contributed by atoms with van der Waals surface area (Å²) < 4.78 is 14.0. The lowest BCUT2D eigenvalue weighted by molar-refractivity contribution is 0.223. The molecule has 2 aliphatic rings. The minimum Gasteiger partial charge on any atom is -0.497 e. The number of aryl methyl sites for hydroxylation is 1. The zero-order chi connectivity index (χ0) is 24.1. The topological polar surface area (TPSA) is 61.2 Å². The molecule has 2 atom stereocenters. The van der Waals surface area contributed by atoms with Crippen LogP contribution < -0.4 is 14.8 Å². The molecule has 2 aliphatic heterocycles. The minimum absolute atomic E-state index is 0.213. The van der Waals surface area contributed by atoms with E-state index in [1.165, 1.54) is 17.3 Å². The van der Waals surface area contributed by atoms with E-state index in [1.54, 1.807) is 7.11 Å². The highest BCUT2D eigenvalue weighted by Crippen LogP contribution is 2.51. The summed E-state index contributed by atoms with van der Waals surface area (Å²) in [4.78, 5) is 4.75. The summed E-state index contributed by atoms with van der Waals surface area (Å²) in [6, 6.07) is 22.1. The number of fused-ring (bicyclic) bond motifs is 3. The Morgan fingerprint density at radius 2 is 1.77 bits per heavy atom. The molecule has 0 bridgehead atoms. The number of halogens is 1. The summed E-state index contributed by atoms with van der Waals surface area (Å²) in [5.74, 6) is 2.26. The van der Waals surface area contributed by atoms with Gasteiger partial charge in [-0.1, -0.05) is 65.3 Å². The van der Waals surface area contributed by atoms with Crippen molar-refractivity contribution < 1.29 is 9.47 Å². The molecule has 176 valence electrons. The van der Waals surface area contributed by atoms with E-state index in [0.717, 1.165) is 39.5 Å². The lowest BCUT2D eigenvalue weighted by Crippen LogP contribution is -2.32. The maximum absolute atomic E-state index is 6.68. The second kappa shape index (κ2) is 8.66. The largest absolute Gasteiger partial charge is 0.497 e. The van der Waals surface area contributed by atoms with E-state index < -0.39 is 0 Å². The van der Waals surface area contributed by atoms with Crippen LogP contribution in [-0.2, 0) is 0 Å². The number of thioether (sulfide) groups is 1. The highest BCUT2D eigenvalue weighted by molar-refractivity contribution is 7.98. The Labute approximate surface area is 212 Å². The molecule has 0 aliphatic carbocycles. The van der Waals surface area contributed by atoms with Crippen molar-refractivity contribution in [2.45, 2.75) is 24.2 Å². The molecule has 8 heteroatoms. The Hall–Kier alpha value is -3.42. The predicted octanol–water partition coefficient (Wildman–Crippen LogP) is 6.53. The summed E-state index contributed by atoms with van der Waals surface area (Å²) in [6.45, 7) is 2.09. The predicted molar refractivity (Wildman–Crippen MR) is 139 cm³/mol. The van der Waals surface area contributed by atoms with E-state index in [9.17, 15) is 0 Å². The Morgan fingerprint density at radius 1 is 1.03 bits per heavy atom. The minimum atomic E-state index is -0.349. The first-order chi connectivity index (χ1) is 17.1. The number of nitrogens with one attached hydrogen (secondary N) is 1. The molecule has 3 heterocycles. The first kappa shape index (κ1) is 22.1. The number of aromatic nitrogens is 3. The number of methoxy groups -OCH3 is 1. The van der Waals surface area contributed by atoms with Crippen molar-refractivity contribution in [1.82, 2.24) is 14.8 Å². The van der Waals surface area contributed by atoms with Gasteiger partial charge < -0.3 is 14.8 Å². The van der Waals surface area contributed by atoms with E-state index in [-0.39, 0.29) is 12.1 Å². The standard InChI is InChI=1S/C27H23ClN4O2S/c1-15-4-6-16(7-5-15)24-22-23(29-26-30-27(35-3)31-32(24)26)20-14-18(28)10-13-21(20)34-25(22)17-8-11-19(33-2)12-9-17/h4-14,24-25H,1-3H3,(H,29,30,31)/t24-,25+/m0/s1. The van der Waals surface area contributed by atoms with Gasteiger partial charge in [-0.2, -0.15) is 4.98 Å². The first-order valence-electron chi connectivity index (χ1n) is 11.2. The second-order valence-electron chi connectivity index (χ2n) is 8.55. The second-order valence-corrected chi connectivity index (χ2v) is 9.76. The average Bonchev–Trinajstić information content (AvgIpc) is 3.31. The molecule has 0 saturated heterocycles. The van der Waals surface area contributed by atoms with Crippen LogP contribution >= 0.6 is 23.4 Å². The molecule has 0 radical (unpaired) electrons. The Balaban J connectivity index is 1.62. The quantitative estimate of drug-likeness (QED) is 0.320. The number of anilines is 1. The number of ether oxygens (including phenoxy) is 2. The van der Waals surface area contributed by atoms with E-state index in [1.807, 2.05) is 53.4 Å². The van der Waals surface area contributed by atoms with Gasteiger partial charge in [0.1, 0.15) is 23.6 Å². The number of hydrogen-bond acceptors (Lipinski definition) is 6. The van der Waals surface area contributed by atoms with Gasteiger partial charge in [-0.25, -0.2) is 4.68 Å². The van der Waals surface area contributed by atoms with Crippen LogP contribution in [0.25, 0.3) is 5.70 Å². The smallest absolute Gasteiger partial charge is 0.227 e. The highest BCUT2D eigenvalue weighted by Gasteiger charge is 2.41. The van der Waals surface area contributed by atoms with Crippen LogP contribution in [0.5, 0.6) is 11.5 Å². The fraction of sp³-hybridized carbons (Fsp3) is 0.185. The molecular weight excluding hydrogens is 480 g/mol. The van der Waals surface area contributed by atoms with Gasteiger partial charge in [0, 0.05) is 16.2 Å². The van der Waals surface area contributed by atoms with Gasteiger partial charge in [-0.05, 0) is 54.6 Å². The third-order valence-corrected chi connectivity index (χ3v) is 7.18. The molecule has 0 saturated carbocycles. The van der Waals surface area contributed by atoms with Gasteiger partial charge in [0.2, 0.25) is 11.1 Å². The van der Waals surface area contributed by atoms with Crippen LogP contribution in [0.4, 0.5) is 5.95 Å². The van der Waals surface area contributed by atoms with E-state index in [2.05, 4.69) is 36.5 Å². The third kappa shape index (κ3) is 3.75. The zero-order valence-corrected chi connectivity index (χ0v) is 21.0. The van der Waals surface area contributed by atoms with Crippen LogP contribution in [-0.4, -0.2) is 28.1 Å². The van der Waals surface area contributed by atoms with Gasteiger partial charge in [-0.3, -0.25) is 0 Å². The van der Waals surface area contributed by atoms with Crippen LogP contribution in [0.1, 0.15) is 34.4 Å². The Kier molecular flexibility index (Phi) is 5.46. The van der Waals surface area contributed by atoms with Crippen molar-refractivity contribution in [3.63, 3.8) is 0 Å².